The first kappa shape index (κ1) is 27.0. The number of phenols is 1. The maximum absolute atomic E-state index is 13.1. The maximum atomic E-state index is 13.1. The van der Waals surface area contributed by atoms with Gasteiger partial charge in [-0.1, -0.05) is 23.3 Å². The molecular weight excluding hydrogens is 428 g/mol. The zero-order valence-corrected chi connectivity index (χ0v) is 20.1. The van der Waals surface area contributed by atoms with Crippen LogP contribution in [0.5, 0.6) is 5.75 Å². The van der Waals surface area contributed by atoms with Crippen molar-refractivity contribution in [3.8, 4) is 5.75 Å². The average molecular weight is 465 g/mol. The Morgan fingerprint density at radius 1 is 0.818 bits per heavy atom. The third kappa shape index (κ3) is 6.43. The Morgan fingerprint density at radius 3 is 1.70 bits per heavy atom. The molecule has 0 aliphatic heterocycles. The molecule has 1 aliphatic carbocycles. The molecule has 33 heavy (non-hydrogen) atoms. The number of methoxy groups -OCH3 is 2. The first-order chi connectivity index (χ1) is 15.5. The van der Waals surface area contributed by atoms with Gasteiger partial charge >= 0.3 is 5.97 Å². The van der Waals surface area contributed by atoms with Crippen LogP contribution in [-0.4, -0.2) is 77.2 Å². The fourth-order valence-electron chi connectivity index (χ4n) is 3.86. The number of esters is 1. The van der Waals surface area contributed by atoms with Crippen molar-refractivity contribution in [3.63, 3.8) is 0 Å². The predicted octanol–water partition coefficient (Wildman–Crippen LogP) is 2.06. The second kappa shape index (κ2) is 11.8. The molecule has 1 aromatic rings. The van der Waals surface area contributed by atoms with E-state index in [2.05, 4.69) is 0 Å². The van der Waals surface area contributed by atoms with Gasteiger partial charge in [-0.25, -0.2) is 4.79 Å². The van der Waals surface area contributed by atoms with Crippen molar-refractivity contribution in [2.45, 2.75) is 77.2 Å². The molecule has 0 saturated heterocycles. The quantitative estimate of drug-likeness (QED) is 0.340. The van der Waals surface area contributed by atoms with Gasteiger partial charge in [0.15, 0.2) is 6.10 Å². The molecule has 1 aliphatic rings. The fourth-order valence-corrected chi connectivity index (χ4v) is 3.86. The lowest BCUT2D eigenvalue weighted by Crippen LogP contribution is -2.65. The molecule has 0 heterocycles. The van der Waals surface area contributed by atoms with Gasteiger partial charge in [0.1, 0.15) is 36.3 Å². The van der Waals surface area contributed by atoms with Gasteiger partial charge < -0.3 is 34.6 Å². The second-order valence-corrected chi connectivity index (χ2v) is 8.86. The topological polar surface area (TPSA) is 126 Å². The minimum Gasteiger partial charge on any atom is -0.507 e. The van der Waals surface area contributed by atoms with Gasteiger partial charge in [-0.15, -0.1) is 0 Å². The predicted molar refractivity (Wildman–Crippen MR) is 123 cm³/mol. The Balaban J connectivity index is 2.40. The third-order valence-corrected chi connectivity index (χ3v) is 5.77. The number of hydrogen-bond donors (Lipinski definition) is 4. The van der Waals surface area contributed by atoms with Gasteiger partial charge in [-0.2, -0.15) is 0 Å². The Hall–Kier alpha value is -2.23. The summed E-state index contributed by atoms with van der Waals surface area (Å²) in [7, 11) is 2.60. The molecule has 0 bridgehead atoms. The van der Waals surface area contributed by atoms with Crippen LogP contribution < -0.4 is 0 Å². The van der Waals surface area contributed by atoms with Crippen molar-refractivity contribution in [1.82, 2.24) is 0 Å². The number of aliphatic hydroxyl groups is 3. The summed E-state index contributed by atoms with van der Waals surface area (Å²) in [5.41, 5.74) is 3.45. The molecule has 184 valence electrons. The number of aromatic hydroxyl groups is 1. The van der Waals surface area contributed by atoms with E-state index in [0.29, 0.717) is 24.0 Å². The number of carbonyl (C=O) groups excluding carboxylic acids is 1. The summed E-state index contributed by atoms with van der Waals surface area (Å²) in [4.78, 5) is 13.1. The van der Waals surface area contributed by atoms with Gasteiger partial charge in [0.25, 0.3) is 0 Å². The molecule has 4 N–H and O–H groups in total. The average Bonchev–Trinajstić information content (AvgIpc) is 2.76. The summed E-state index contributed by atoms with van der Waals surface area (Å²) in [5, 5.41) is 42.1. The largest absolute Gasteiger partial charge is 0.507 e. The van der Waals surface area contributed by atoms with Crippen LogP contribution >= 0.6 is 0 Å². The van der Waals surface area contributed by atoms with E-state index in [1.165, 1.54) is 14.2 Å². The number of aliphatic hydroxyl groups excluding tert-OH is 3. The molecular formula is C25H36O8. The van der Waals surface area contributed by atoms with E-state index in [-0.39, 0.29) is 11.3 Å². The van der Waals surface area contributed by atoms with E-state index in [1.54, 1.807) is 12.1 Å². The molecule has 6 atom stereocenters. The van der Waals surface area contributed by atoms with Gasteiger partial charge in [-0.3, -0.25) is 0 Å². The summed E-state index contributed by atoms with van der Waals surface area (Å²) in [6, 6.07) is 3.09. The SMILES string of the molecule is CO[C@H]1[C@H](O)[C@@H](O)[C@H](OC(=O)c2cc(CC=C(C)C)c(O)c(CC=C(C)C)c2)[C@@H](OC)[C@H]1O. The van der Waals surface area contributed by atoms with E-state index in [9.17, 15) is 25.2 Å². The molecule has 1 fully saturated rings. The summed E-state index contributed by atoms with van der Waals surface area (Å²) in [6.07, 6.45) is -3.11. The van der Waals surface area contributed by atoms with Gasteiger partial charge in [0.2, 0.25) is 0 Å². The highest BCUT2D eigenvalue weighted by Crippen LogP contribution is 2.30. The highest BCUT2D eigenvalue weighted by atomic mass is 16.6. The highest BCUT2D eigenvalue weighted by Gasteiger charge is 2.52. The minimum atomic E-state index is -1.53. The number of benzene rings is 1. The first-order valence-corrected chi connectivity index (χ1v) is 10.9. The zero-order chi connectivity index (χ0) is 24.9. The van der Waals surface area contributed by atoms with E-state index in [0.717, 1.165) is 11.1 Å². The Morgan fingerprint density at radius 2 is 1.27 bits per heavy atom. The maximum Gasteiger partial charge on any atom is 0.338 e. The normalized spacial score (nSPS) is 27.1. The third-order valence-electron chi connectivity index (χ3n) is 5.77. The number of hydrogen-bond acceptors (Lipinski definition) is 8. The van der Waals surface area contributed by atoms with Gasteiger partial charge in [-0.05, 0) is 63.8 Å². The second-order valence-electron chi connectivity index (χ2n) is 8.86. The van der Waals surface area contributed by atoms with Crippen LogP contribution in [0, 0.1) is 0 Å². The molecule has 0 amide bonds. The lowest BCUT2D eigenvalue weighted by Gasteiger charge is -2.43. The lowest BCUT2D eigenvalue weighted by atomic mass is 9.84. The van der Waals surface area contributed by atoms with Crippen molar-refractivity contribution >= 4 is 5.97 Å². The molecule has 0 spiro atoms. The number of ether oxygens (including phenoxy) is 3. The number of phenolic OH excluding ortho intramolecular Hbond substituents is 1. The number of carbonyl (C=O) groups is 1. The van der Waals surface area contributed by atoms with Crippen LogP contribution in [0.4, 0.5) is 0 Å². The number of rotatable bonds is 8. The van der Waals surface area contributed by atoms with Crippen LogP contribution in [0.1, 0.15) is 49.2 Å². The van der Waals surface area contributed by atoms with E-state index < -0.39 is 42.6 Å². The summed E-state index contributed by atoms with van der Waals surface area (Å²) >= 11 is 0. The van der Waals surface area contributed by atoms with Crippen molar-refractivity contribution in [2.75, 3.05) is 14.2 Å². The van der Waals surface area contributed by atoms with E-state index in [4.69, 9.17) is 14.2 Å². The van der Waals surface area contributed by atoms with Crippen LogP contribution in [0.3, 0.4) is 0 Å². The molecule has 0 aromatic heterocycles. The minimum absolute atomic E-state index is 0.114. The summed E-state index contributed by atoms with van der Waals surface area (Å²) in [6.45, 7) is 7.77. The molecule has 0 radical (unpaired) electrons. The molecule has 1 aromatic carbocycles. The molecule has 1 saturated carbocycles. The van der Waals surface area contributed by atoms with Crippen LogP contribution in [0.15, 0.2) is 35.4 Å². The Bertz CT molecular complexity index is 841. The summed E-state index contributed by atoms with van der Waals surface area (Å²) < 4.78 is 15.9. The monoisotopic (exact) mass is 464 g/mol. The van der Waals surface area contributed by atoms with Crippen LogP contribution in [0.25, 0.3) is 0 Å². The highest BCUT2D eigenvalue weighted by molar-refractivity contribution is 5.90. The van der Waals surface area contributed by atoms with Gasteiger partial charge in [0.05, 0.1) is 5.56 Å². The van der Waals surface area contributed by atoms with Gasteiger partial charge in [0, 0.05) is 14.2 Å². The van der Waals surface area contributed by atoms with Crippen LogP contribution in [0.2, 0.25) is 0 Å². The van der Waals surface area contributed by atoms with Crippen LogP contribution in [-0.2, 0) is 27.1 Å². The number of allylic oxidation sites excluding steroid dienone is 4. The Kier molecular flexibility index (Phi) is 9.63. The lowest BCUT2D eigenvalue weighted by molar-refractivity contribution is -0.235. The molecule has 0 unspecified atom stereocenters. The van der Waals surface area contributed by atoms with E-state index >= 15 is 0 Å². The smallest absolute Gasteiger partial charge is 0.338 e. The molecule has 2 rings (SSSR count). The standard InChI is InChI=1S/C25H36O8/c1-13(2)7-9-15-11-17(12-16(18(15)26)10-8-14(3)4)25(30)33-24-20(28)19(27)22(31-5)21(29)23(24)32-6/h7-8,11-12,19-24,26-29H,9-10H2,1-6H3/t19-,20-,21+,22+,23+,24+/m1/s1. The zero-order valence-electron chi connectivity index (χ0n) is 20.1. The fraction of sp³-hybridized carbons (Fsp3) is 0.560. The Labute approximate surface area is 195 Å². The first-order valence-electron chi connectivity index (χ1n) is 10.9. The van der Waals surface area contributed by atoms with Crippen molar-refractivity contribution in [2.24, 2.45) is 0 Å². The molecule has 8 heteroatoms. The molecule has 8 nitrogen and oxygen atoms in total. The summed E-state index contributed by atoms with van der Waals surface area (Å²) in [5.74, 6) is -0.656. The van der Waals surface area contributed by atoms with Crippen molar-refractivity contribution in [3.05, 3.63) is 52.1 Å². The van der Waals surface area contributed by atoms with E-state index in [1.807, 2.05) is 39.8 Å². The van der Waals surface area contributed by atoms with Crippen molar-refractivity contribution in [1.29, 1.82) is 0 Å². The van der Waals surface area contributed by atoms with Crippen molar-refractivity contribution < 1.29 is 39.4 Å².